The molecule has 6 heteroatoms. The number of aromatic nitrogens is 2. The van der Waals surface area contributed by atoms with Crippen molar-refractivity contribution in [1.82, 2.24) is 9.55 Å². The molecule has 1 heterocycles. The summed E-state index contributed by atoms with van der Waals surface area (Å²) in [6.45, 7) is 1.84. The lowest BCUT2D eigenvalue weighted by molar-refractivity contribution is -0.141. The van der Waals surface area contributed by atoms with Crippen molar-refractivity contribution in [3.8, 4) is 0 Å². The van der Waals surface area contributed by atoms with Gasteiger partial charge in [-0.25, -0.2) is 4.98 Å². The van der Waals surface area contributed by atoms with Crippen LogP contribution in [0.4, 0.5) is 0 Å². The highest BCUT2D eigenvalue weighted by Gasteiger charge is 2.28. The van der Waals surface area contributed by atoms with E-state index in [1.165, 1.54) is 6.92 Å². The first-order chi connectivity index (χ1) is 10.0. The van der Waals surface area contributed by atoms with E-state index in [2.05, 4.69) is 22.4 Å². The van der Waals surface area contributed by atoms with Gasteiger partial charge >= 0.3 is 5.97 Å². The van der Waals surface area contributed by atoms with Gasteiger partial charge in [0.2, 0.25) is 0 Å². The molecule has 2 radical (unpaired) electrons. The number of ether oxygens (including phenoxy) is 1. The molecule has 1 aromatic carbocycles. The maximum absolute atomic E-state index is 10.9. The Bertz CT molecular complexity index is 684. The Labute approximate surface area is 133 Å². The number of halogens is 2. The molecule has 110 valence electrons. The molecule has 0 aliphatic heterocycles. The average molecular weight is 325 g/mol. The van der Waals surface area contributed by atoms with Gasteiger partial charge in [0, 0.05) is 13.0 Å². The number of carbonyl (C=O) groups excluding carboxylic acids is 1. The fourth-order valence-corrected chi connectivity index (χ4v) is 2.91. The van der Waals surface area contributed by atoms with Crippen molar-refractivity contribution in [3.05, 3.63) is 41.3 Å². The van der Waals surface area contributed by atoms with Crippen molar-refractivity contribution >= 4 is 40.2 Å². The summed E-state index contributed by atoms with van der Waals surface area (Å²) < 4.78 is 7.13. The third kappa shape index (κ3) is 3.01. The number of imidazole rings is 1. The van der Waals surface area contributed by atoms with Gasteiger partial charge < -0.3 is 9.30 Å². The van der Waals surface area contributed by atoms with Crippen LogP contribution in [0, 0.1) is 18.8 Å². The first-order valence-corrected chi connectivity index (χ1v) is 7.43. The zero-order chi connectivity index (χ0) is 15.0. The van der Waals surface area contributed by atoms with Crippen LogP contribution in [0.5, 0.6) is 0 Å². The molecule has 2 aromatic rings. The molecular weight excluding hydrogens is 311 g/mol. The Hall–Kier alpha value is -1.26. The Kier molecular flexibility index (Phi) is 4.09. The summed E-state index contributed by atoms with van der Waals surface area (Å²) in [4.78, 5) is 15.2. The van der Waals surface area contributed by atoms with Crippen molar-refractivity contribution in [2.75, 3.05) is 6.61 Å². The molecule has 3 rings (SSSR count). The van der Waals surface area contributed by atoms with Crippen molar-refractivity contribution in [2.24, 2.45) is 5.92 Å². The highest BCUT2D eigenvalue weighted by atomic mass is 35.5. The minimum Gasteiger partial charge on any atom is -0.466 e. The SMILES string of the molecule is CC(=O)OC[C@@H]1[CH][CH][C@@H](n2cnc3cc(Cl)c(Cl)cc32)C1. The second-order valence-electron chi connectivity index (χ2n) is 5.16. The van der Waals surface area contributed by atoms with Crippen LogP contribution in [0.15, 0.2) is 18.5 Å². The molecule has 0 bridgehead atoms. The molecule has 0 unspecified atom stereocenters. The summed E-state index contributed by atoms with van der Waals surface area (Å²) in [6.07, 6.45) is 6.86. The summed E-state index contributed by atoms with van der Waals surface area (Å²) >= 11 is 12.1. The van der Waals surface area contributed by atoms with E-state index in [1.807, 2.05) is 6.07 Å². The first-order valence-electron chi connectivity index (χ1n) is 6.68. The Morgan fingerprint density at radius 1 is 1.38 bits per heavy atom. The maximum atomic E-state index is 10.9. The number of benzene rings is 1. The highest BCUT2D eigenvalue weighted by Crippen LogP contribution is 2.36. The van der Waals surface area contributed by atoms with Crippen molar-refractivity contribution in [3.63, 3.8) is 0 Å². The molecule has 4 nitrogen and oxygen atoms in total. The lowest BCUT2D eigenvalue weighted by atomic mass is 10.1. The second kappa shape index (κ2) is 5.85. The second-order valence-corrected chi connectivity index (χ2v) is 5.97. The molecule has 1 fully saturated rings. The van der Waals surface area contributed by atoms with E-state index in [1.54, 1.807) is 12.4 Å². The standard InChI is InChI=1S/C15H14Cl2N2O2/c1-9(20)21-7-10-2-3-11(4-10)19-8-18-14-5-12(16)13(17)6-15(14)19/h2-3,5-6,8,10-11H,4,7H2,1H3/t10-,11-/m1/s1. The molecule has 2 atom stereocenters. The van der Waals surface area contributed by atoms with Crippen LogP contribution in [-0.2, 0) is 9.53 Å². The van der Waals surface area contributed by atoms with Gasteiger partial charge in [-0.05, 0) is 37.3 Å². The van der Waals surface area contributed by atoms with E-state index in [0.717, 1.165) is 17.5 Å². The summed E-state index contributed by atoms with van der Waals surface area (Å²) in [7, 11) is 0. The Morgan fingerprint density at radius 3 is 2.90 bits per heavy atom. The van der Waals surface area contributed by atoms with Crippen LogP contribution in [0.25, 0.3) is 11.0 Å². The molecule has 1 aromatic heterocycles. The maximum Gasteiger partial charge on any atom is 0.302 e. The molecule has 1 aliphatic rings. The number of hydrogen-bond donors (Lipinski definition) is 0. The number of rotatable bonds is 3. The van der Waals surface area contributed by atoms with Crippen LogP contribution in [-0.4, -0.2) is 22.1 Å². The Balaban J connectivity index is 1.79. The van der Waals surface area contributed by atoms with Gasteiger partial charge in [0.25, 0.3) is 0 Å². The fraction of sp³-hybridized carbons (Fsp3) is 0.333. The van der Waals surface area contributed by atoms with E-state index >= 15 is 0 Å². The summed E-state index contributed by atoms with van der Waals surface area (Å²) in [6, 6.07) is 3.79. The quantitative estimate of drug-likeness (QED) is 0.805. The van der Waals surface area contributed by atoms with Crippen molar-refractivity contribution < 1.29 is 9.53 Å². The molecule has 21 heavy (non-hydrogen) atoms. The van der Waals surface area contributed by atoms with E-state index in [9.17, 15) is 4.79 Å². The van der Waals surface area contributed by atoms with Gasteiger partial charge in [-0.1, -0.05) is 23.2 Å². The number of hydrogen-bond acceptors (Lipinski definition) is 3. The Morgan fingerprint density at radius 2 is 2.14 bits per heavy atom. The number of nitrogens with zero attached hydrogens (tertiary/aromatic N) is 2. The van der Waals surface area contributed by atoms with Crippen LogP contribution in [0.3, 0.4) is 0 Å². The van der Waals surface area contributed by atoms with Crippen molar-refractivity contribution in [2.45, 2.75) is 19.4 Å². The molecule has 1 saturated carbocycles. The predicted octanol–water partition coefficient (Wildman–Crippen LogP) is 3.88. The minimum absolute atomic E-state index is 0.188. The van der Waals surface area contributed by atoms with Gasteiger partial charge in [-0.15, -0.1) is 0 Å². The molecule has 1 aliphatic carbocycles. The van der Waals surface area contributed by atoms with Gasteiger partial charge in [0.15, 0.2) is 0 Å². The summed E-state index contributed by atoms with van der Waals surface area (Å²) in [5, 5.41) is 1.02. The highest BCUT2D eigenvalue weighted by molar-refractivity contribution is 6.42. The van der Waals surface area contributed by atoms with E-state index < -0.39 is 0 Å². The molecule has 0 spiro atoms. The van der Waals surface area contributed by atoms with Gasteiger partial charge in [0.05, 0.1) is 34.0 Å². The van der Waals surface area contributed by atoms with Crippen molar-refractivity contribution in [1.29, 1.82) is 0 Å². The normalized spacial score (nSPS) is 21.9. The molecule has 0 N–H and O–H groups in total. The number of fused-ring (bicyclic) bond motifs is 1. The van der Waals surface area contributed by atoms with Gasteiger partial charge in [-0.3, -0.25) is 4.79 Å². The van der Waals surface area contributed by atoms with E-state index in [0.29, 0.717) is 16.7 Å². The van der Waals surface area contributed by atoms with E-state index in [-0.39, 0.29) is 17.9 Å². The first kappa shape index (κ1) is 14.7. The van der Waals surface area contributed by atoms with Crippen LogP contribution in [0.2, 0.25) is 10.0 Å². The topological polar surface area (TPSA) is 44.1 Å². The zero-order valence-electron chi connectivity index (χ0n) is 11.4. The fourth-order valence-electron chi connectivity index (χ4n) is 2.59. The summed E-state index contributed by atoms with van der Waals surface area (Å²) in [5.74, 6) is -0.0134. The van der Waals surface area contributed by atoms with E-state index in [4.69, 9.17) is 27.9 Å². The number of carbonyl (C=O) groups is 1. The predicted molar refractivity (Wildman–Crippen MR) is 82.1 cm³/mol. The third-order valence-corrected chi connectivity index (χ3v) is 4.35. The molecular formula is C15H14Cl2N2O2. The minimum atomic E-state index is -0.249. The largest absolute Gasteiger partial charge is 0.466 e. The van der Waals surface area contributed by atoms with Gasteiger partial charge in [-0.2, -0.15) is 0 Å². The smallest absolute Gasteiger partial charge is 0.302 e. The average Bonchev–Trinajstić information content (AvgIpc) is 3.03. The lowest BCUT2D eigenvalue weighted by Gasteiger charge is -2.14. The summed E-state index contributed by atoms with van der Waals surface area (Å²) in [5.41, 5.74) is 1.77. The number of esters is 1. The third-order valence-electron chi connectivity index (χ3n) is 3.62. The lowest BCUT2D eigenvalue weighted by Crippen LogP contribution is -2.11. The van der Waals surface area contributed by atoms with Crippen LogP contribution in [0.1, 0.15) is 19.4 Å². The van der Waals surface area contributed by atoms with Crippen LogP contribution < -0.4 is 0 Å². The molecule has 0 saturated heterocycles. The monoisotopic (exact) mass is 324 g/mol. The zero-order valence-corrected chi connectivity index (χ0v) is 12.9. The van der Waals surface area contributed by atoms with Crippen LogP contribution >= 0.6 is 23.2 Å². The van der Waals surface area contributed by atoms with Gasteiger partial charge in [0.1, 0.15) is 0 Å². The molecule has 0 amide bonds.